The minimum absolute atomic E-state index is 0.301. The van der Waals surface area contributed by atoms with Gasteiger partial charge in [-0.15, -0.1) is 0 Å². The first-order valence-corrected chi connectivity index (χ1v) is 6.59. The molecule has 0 fully saturated rings. The van der Waals surface area contributed by atoms with Crippen LogP contribution in [0.1, 0.15) is 0 Å². The molecular weight excluding hydrogens is 290 g/mol. The average molecular weight is 297 g/mol. The molecule has 0 atom stereocenters. The second-order valence-electron chi connectivity index (χ2n) is 3.91. The van der Waals surface area contributed by atoms with Gasteiger partial charge < -0.3 is 5.32 Å². The van der Waals surface area contributed by atoms with Gasteiger partial charge in [-0.2, -0.15) is 0 Å². The van der Waals surface area contributed by atoms with Crippen LogP contribution >= 0.6 is 22.9 Å². The van der Waals surface area contributed by atoms with Gasteiger partial charge in [0.25, 0.3) is 0 Å². The van der Waals surface area contributed by atoms with E-state index in [2.05, 4.69) is 10.3 Å². The predicted molar refractivity (Wildman–Crippen MR) is 74.3 cm³/mol. The molecule has 0 spiro atoms. The summed E-state index contributed by atoms with van der Waals surface area (Å²) < 4.78 is 27.1. The second-order valence-corrected chi connectivity index (χ2v) is 5.38. The topological polar surface area (TPSA) is 24.9 Å². The standard InChI is InChI=1S/C13H7ClF2N2S/c14-7-3-9(16)5-10(4-7)17-13-18-11-6-8(15)1-2-12(11)19-13/h1-6H,(H,17,18). The number of aromatic nitrogens is 1. The van der Waals surface area contributed by atoms with Gasteiger partial charge in [0, 0.05) is 16.8 Å². The smallest absolute Gasteiger partial charge is 0.188 e. The first-order valence-electron chi connectivity index (χ1n) is 5.39. The fourth-order valence-corrected chi connectivity index (χ4v) is 2.79. The number of nitrogens with one attached hydrogen (secondary N) is 1. The quantitative estimate of drug-likeness (QED) is 0.722. The normalized spacial score (nSPS) is 10.9. The Kier molecular flexibility index (Phi) is 3.08. The molecule has 0 aliphatic rings. The van der Waals surface area contributed by atoms with Gasteiger partial charge >= 0.3 is 0 Å². The van der Waals surface area contributed by atoms with Crippen molar-refractivity contribution in [3.8, 4) is 0 Å². The molecule has 0 bridgehead atoms. The SMILES string of the molecule is Fc1cc(Cl)cc(Nc2nc3cc(F)ccc3s2)c1. The third-order valence-corrected chi connectivity index (χ3v) is 3.63. The number of halogens is 3. The van der Waals surface area contributed by atoms with Crippen LogP contribution in [0.15, 0.2) is 36.4 Å². The summed E-state index contributed by atoms with van der Waals surface area (Å²) >= 11 is 7.13. The molecule has 6 heteroatoms. The number of hydrogen-bond donors (Lipinski definition) is 1. The highest BCUT2D eigenvalue weighted by Crippen LogP contribution is 2.29. The molecule has 2 nitrogen and oxygen atoms in total. The Hall–Kier alpha value is -1.72. The van der Waals surface area contributed by atoms with E-state index < -0.39 is 5.82 Å². The molecule has 1 heterocycles. The van der Waals surface area contributed by atoms with Crippen molar-refractivity contribution in [2.45, 2.75) is 0 Å². The Morgan fingerprint density at radius 1 is 1.05 bits per heavy atom. The van der Waals surface area contributed by atoms with Gasteiger partial charge in [-0.3, -0.25) is 0 Å². The number of benzene rings is 2. The molecule has 0 unspecified atom stereocenters. The zero-order valence-corrected chi connectivity index (χ0v) is 11.0. The third-order valence-electron chi connectivity index (χ3n) is 2.46. The Labute approximate surface area is 116 Å². The highest BCUT2D eigenvalue weighted by atomic mass is 35.5. The van der Waals surface area contributed by atoms with Crippen LogP contribution in [0.4, 0.5) is 19.6 Å². The summed E-state index contributed by atoms with van der Waals surface area (Å²) in [5.41, 5.74) is 1.07. The Morgan fingerprint density at radius 3 is 2.68 bits per heavy atom. The summed E-state index contributed by atoms with van der Waals surface area (Å²) in [6, 6.07) is 8.53. The molecule has 0 aliphatic heterocycles. The lowest BCUT2D eigenvalue weighted by Gasteiger charge is -2.02. The number of nitrogens with zero attached hydrogens (tertiary/aromatic N) is 1. The van der Waals surface area contributed by atoms with Crippen molar-refractivity contribution in [3.05, 3.63) is 53.1 Å². The van der Waals surface area contributed by atoms with Crippen LogP contribution < -0.4 is 5.32 Å². The van der Waals surface area contributed by atoms with Crippen LogP contribution in [0.5, 0.6) is 0 Å². The summed E-state index contributed by atoms with van der Waals surface area (Å²) in [6.45, 7) is 0. The van der Waals surface area contributed by atoms with Crippen molar-refractivity contribution in [3.63, 3.8) is 0 Å². The van der Waals surface area contributed by atoms with Gasteiger partial charge in [0.05, 0.1) is 10.2 Å². The van der Waals surface area contributed by atoms with E-state index in [4.69, 9.17) is 11.6 Å². The predicted octanol–water partition coefficient (Wildman–Crippen LogP) is 4.97. The van der Waals surface area contributed by atoms with Crippen molar-refractivity contribution in [2.75, 3.05) is 5.32 Å². The van der Waals surface area contributed by atoms with Gasteiger partial charge in [0.2, 0.25) is 0 Å². The average Bonchev–Trinajstić information content (AvgIpc) is 2.68. The van der Waals surface area contributed by atoms with Crippen molar-refractivity contribution in [2.24, 2.45) is 0 Å². The summed E-state index contributed by atoms with van der Waals surface area (Å²) in [5, 5.41) is 3.81. The van der Waals surface area contributed by atoms with Crippen LogP contribution in [-0.4, -0.2) is 4.98 Å². The zero-order valence-electron chi connectivity index (χ0n) is 9.45. The maximum absolute atomic E-state index is 13.2. The second kappa shape index (κ2) is 4.75. The highest BCUT2D eigenvalue weighted by Gasteiger charge is 2.06. The van der Waals surface area contributed by atoms with E-state index in [0.29, 0.717) is 21.4 Å². The lowest BCUT2D eigenvalue weighted by atomic mass is 10.3. The van der Waals surface area contributed by atoms with E-state index in [-0.39, 0.29) is 5.82 Å². The molecule has 1 N–H and O–H groups in total. The van der Waals surface area contributed by atoms with Gasteiger partial charge in [0.15, 0.2) is 5.13 Å². The van der Waals surface area contributed by atoms with Crippen molar-refractivity contribution < 1.29 is 8.78 Å². The number of hydrogen-bond acceptors (Lipinski definition) is 3. The molecule has 0 aliphatic carbocycles. The molecule has 0 saturated heterocycles. The van der Waals surface area contributed by atoms with Crippen molar-refractivity contribution in [1.29, 1.82) is 0 Å². The number of fused-ring (bicyclic) bond motifs is 1. The third kappa shape index (κ3) is 2.67. The molecule has 0 saturated carbocycles. The van der Waals surface area contributed by atoms with Crippen LogP contribution in [0.25, 0.3) is 10.2 Å². The van der Waals surface area contributed by atoms with Crippen molar-refractivity contribution in [1.82, 2.24) is 4.98 Å². The van der Waals surface area contributed by atoms with Crippen LogP contribution in [0.3, 0.4) is 0 Å². The molecule has 0 radical (unpaired) electrons. The lowest BCUT2D eigenvalue weighted by molar-refractivity contribution is 0.628. The van der Waals surface area contributed by atoms with Gasteiger partial charge in [-0.05, 0) is 30.3 Å². The Balaban J connectivity index is 1.96. The summed E-state index contributed by atoms with van der Waals surface area (Å²) in [5.74, 6) is -0.764. The Morgan fingerprint density at radius 2 is 1.89 bits per heavy atom. The van der Waals surface area contributed by atoms with Crippen LogP contribution in [-0.2, 0) is 0 Å². The first kappa shape index (κ1) is 12.3. The maximum Gasteiger partial charge on any atom is 0.188 e. The summed E-state index contributed by atoms with van der Waals surface area (Å²) in [7, 11) is 0. The molecule has 0 amide bonds. The van der Waals surface area contributed by atoms with E-state index in [0.717, 1.165) is 4.70 Å². The highest BCUT2D eigenvalue weighted by molar-refractivity contribution is 7.22. The van der Waals surface area contributed by atoms with E-state index in [1.807, 2.05) is 0 Å². The van der Waals surface area contributed by atoms with E-state index >= 15 is 0 Å². The largest absolute Gasteiger partial charge is 0.331 e. The number of rotatable bonds is 2. The molecule has 2 aromatic carbocycles. The van der Waals surface area contributed by atoms with Gasteiger partial charge in [-0.25, -0.2) is 13.8 Å². The monoisotopic (exact) mass is 296 g/mol. The van der Waals surface area contributed by atoms with Gasteiger partial charge in [0.1, 0.15) is 11.6 Å². The zero-order chi connectivity index (χ0) is 13.4. The van der Waals surface area contributed by atoms with E-state index in [1.165, 1.54) is 35.6 Å². The molecular formula is C13H7ClF2N2S. The maximum atomic E-state index is 13.2. The molecule has 19 heavy (non-hydrogen) atoms. The van der Waals surface area contributed by atoms with Crippen LogP contribution in [0, 0.1) is 11.6 Å². The number of thiazole rings is 1. The summed E-state index contributed by atoms with van der Waals surface area (Å²) in [4.78, 5) is 4.23. The molecule has 3 rings (SSSR count). The van der Waals surface area contributed by atoms with Crippen molar-refractivity contribution >= 4 is 44.0 Å². The fourth-order valence-electron chi connectivity index (χ4n) is 1.70. The first-order chi connectivity index (χ1) is 9.10. The fraction of sp³-hybridized carbons (Fsp3) is 0. The van der Waals surface area contributed by atoms with Crippen LogP contribution in [0.2, 0.25) is 5.02 Å². The minimum Gasteiger partial charge on any atom is -0.331 e. The molecule has 3 aromatic rings. The lowest BCUT2D eigenvalue weighted by Crippen LogP contribution is -1.90. The molecule has 96 valence electrons. The van der Waals surface area contributed by atoms with E-state index in [1.54, 1.807) is 12.1 Å². The summed E-state index contributed by atoms with van der Waals surface area (Å²) in [6.07, 6.45) is 0. The molecule has 1 aromatic heterocycles. The number of anilines is 2. The minimum atomic E-state index is -0.429. The Bertz CT molecular complexity index is 737. The van der Waals surface area contributed by atoms with E-state index in [9.17, 15) is 8.78 Å². The van der Waals surface area contributed by atoms with Gasteiger partial charge in [-0.1, -0.05) is 22.9 Å².